The molecule has 1 heterocycles. The van der Waals surface area contributed by atoms with E-state index in [0.29, 0.717) is 12.1 Å². The van der Waals surface area contributed by atoms with Crippen molar-refractivity contribution in [2.45, 2.75) is 25.4 Å². The van der Waals surface area contributed by atoms with Gasteiger partial charge in [-0.2, -0.15) is 0 Å². The number of ether oxygens (including phenoxy) is 2. The van der Waals surface area contributed by atoms with Crippen molar-refractivity contribution in [3.63, 3.8) is 0 Å². The van der Waals surface area contributed by atoms with E-state index in [9.17, 15) is 0 Å². The average molecular weight is 221 g/mol. The van der Waals surface area contributed by atoms with Crippen LogP contribution in [0.2, 0.25) is 0 Å². The van der Waals surface area contributed by atoms with E-state index >= 15 is 0 Å². The molecule has 2 atom stereocenters. The fourth-order valence-electron chi connectivity index (χ4n) is 2.03. The summed E-state index contributed by atoms with van der Waals surface area (Å²) in [6.45, 7) is 3.88. The lowest BCUT2D eigenvalue weighted by molar-refractivity contribution is 0.188. The SMILES string of the molecule is COc1cccc([C@H](C)NC2CCOC2)c1. The van der Waals surface area contributed by atoms with E-state index in [-0.39, 0.29) is 0 Å². The Morgan fingerprint density at radius 1 is 1.50 bits per heavy atom. The van der Waals surface area contributed by atoms with E-state index in [1.807, 2.05) is 12.1 Å². The number of nitrogens with one attached hydrogen (secondary N) is 1. The van der Waals surface area contributed by atoms with E-state index in [4.69, 9.17) is 9.47 Å². The molecule has 0 amide bonds. The van der Waals surface area contributed by atoms with Crippen molar-refractivity contribution >= 4 is 0 Å². The number of hydrogen-bond acceptors (Lipinski definition) is 3. The Kier molecular flexibility index (Phi) is 3.80. The van der Waals surface area contributed by atoms with Crippen LogP contribution in [0.5, 0.6) is 5.75 Å². The van der Waals surface area contributed by atoms with Crippen molar-refractivity contribution in [3.05, 3.63) is 29.8 Å². The molecule has 1 aromatic carbocycles. The molecule has 16 heavy (non-hydrogen) atoms. The molecule has 2 rings (SSSR count). The molecule has 1 fully saturated rings. The highest BCUT2D eigenvalue weighted by molar-refractivity contribution is 5.30. The predicted octanol–water partition coefficient (Wildman–Crippen LogP) is 2.13. The molecule has 1 unspecified atom stereocenters. The van der Waals surface area contributed by atoms with Gasteiger partial charge in [0.25, 0.3) is 0 Å². The van der Waals surface area contributed by atoms with Gasteiger partial charge in [-0.3, -0.25) is 0 Å². The average Bonchev–Trinajstić information content (AvgIpc) is 2.82. The van der Waals surface area contributed by atoms with Crippen LogP contribution in [-0.2, 0) is 4.74 Å². The van der Waals surface area contributed by atoms with Crippen molar-refractivity contribution in [1.82, 2.24) is 5.32 Å². The molecule has 0 bridgehead atoms. The molecule has 1 saturated heterocycles. The van der Waals surface area contributed by atoms with Crippen LogP contribution >= 0.6 is 0 Å². The largest absolute Gasteiger partial charge is 0.497 e. The van der Waals surface area contributed by atoms with Crippen LogP contribution in [0.3, 0.4) is 0 Å². The lowest BCUT2D eigenvalue weighted by Crippen LogP contribution is -2.31. The Hall–Kier alpha value is -1.06. The van der Waals surface area contributed by atoms with Gasteiger partial charge in [-0.1, -0.05) is 12.1 Å². The third-order valence-corrected chi connectivity index (χ3v) is 3.01. The predicted molar refractivity (Wildman–Crippen MR) is 63.8 cm³/mol. The van der Waals surface area contributed by atoms with Crippen LogP contribution in [0.4, 0.5) is 0 Å². The minimum Gasteiger partial charge on any atom is -0.497 e. The van der Waals surface area contributed by atoms with Gasteiger partial charge in [0.2, 0.25) is 0 Å². The van der Waals surface area contributed by atoms with Crippen LogP contribution < -0.4 is 10.1 Å². The third-order valence-electron chi connectivity index (χ3n) is 3.01. The first kappa shape index (κ1) is 11.4. The van der Waals surface area contributed by atoms with Crippen LogP contribution in [-0.4, -0.2) is 26.4 Å². The second kappa shape index (κ2) is 5.32. The first-order chi connectivity index (χ1) is 7.79. The summed E-state index contributed by atoms with van der Waals surface area (Å²) in [6.07, 6.45) is 1.11. The number of methoxy groups -OCH3 is 1. The molecule has 0 radical (unpaired) electrons. The van der Waals surface area contributed by atoms with Crippen LogP contribution in [0, 0.1) is 0 Å². The zero-order valence-electron chi connectivity index (χ0n) is 9.90. The highest BCUT2D eigenvalue weighted by Gasteiger charge is 2.18. The highest BCUT2D eigenvalue weighted by Crippen LogP contribution is 2.20. The van der Waals surface area contributed by atoms with Gasteiger partial charge in [-0.25, -0.2) is 0 Å². The smallest absolute Gasteiger partial charge is 0.119 e. The standard InChI is InChI=1S/C13H19NO2/c1-10(14-12-6-7-16-9-12)11-4-3-5-13(8-11)15-2/h3-5,8,10,12,14H,6-7,9H2,1-2H3/t10-,12?/m0/s1. The quantitative estimate of drug-likeness (QED) is 0.845. The Bertz CT molecular complexity index is 334. The van der Waals surface area contributed by atoms with Gasteiger partial charge < -0.3 is 14.8 Å². The zero-order chi connectivity index (χ0) is 11.4. The summed E-state index contributed by atoms with van der Waals surface area (Å²) in [6, 6.07) is 9.01. The lowest BCUT2D eigenvalue weighted by atomic mass is 10.1. The van der Waals surface area contributed by atoms with Crippen molar-refractivity contribution in [1.29, 1.82) is 0 Å². The summed E-state index contributed by atoms with van der Waals surface area (Å²) >= 11 is 0. The molecule has 0 aliphatic carbocycles. The van der Waals surface area contributed by atoms with Crippen LogP contribution in [0.1, 0.15) is 24.9 Å². The number of rotatable bonds is 4. The molecular weight excluding hydrogens is 202 g/mol. The third kappa shape index (κ3) is 2.74. The van der Waals surface area contributed by atoms with Gasteiger partial charge in [0, 0.05) is 18.7 Å². The molecule has 0 aromatic heterocycles. The van der Waals surface area contributed by atoms with Crippen molar-refractivity contribution in [2.75, 3.05) is 20.3 Å². The first-order valence-corrected chi connectivity index (χ1v) is 5.77. The second-order valence-corrected chi connectivity index (χ2v) is 4.23. The Morgan fingerprint density at radius 2 is 2.38 bits per heavy atom. The van der Waals surface area contributed by atoms with Crippen molar-refractivity contribution in [2.24, 2.45) is 0 Å². The maximum Gasteiger partial charge on any atom is 0.119 e. The summed E-state index contributed by atoms with van der Waals surface area (Å²) in [7, 11) is 1.70. The number of benzene rings is 1. The summed E-state index contributed by atoms with van der Waals surface area (Å²) < 4.78 is 10.6. The molecule has 1 aromatic rings. The minimum absolute atomic E-state index is 0.335. The van der Waals surface area contributed by atoms with Gasteiger partial charge in [0.15, 0.2) is 0 Å². The molecule has 1 aliphatic heterocycles. The van der Waals surface area contributed by atoms with Crippen LogP contribution in [0.15, 0.2) is 24.3 Å². The maximum atomic E-state index is 5.35. The Morgan fingerprint density at radius 3 is 3.06 bits per heavy atom. The first-order valence-electron chi connectivity index (χ1n) is 5.77. The van der Waals surface area contributed by atoms with Gasteiger partial charge >= 0.3 is 0 Å². The van der Waals surface area contributed by atoms with E-state index in [1.54, 1.807) is 7.11 Å². The molecule has 88 valence electrons. The topological polar surface area (TPSA) is 30.5 Å². The molecular formula is C13H19NO2. The zero-order valence-corrected chi connectivity index (χ0v) is 9.90. The Balaban J connectivity index is 1.98. The maximum absolute atomic E-state index is 5.35. The second-order valence-electron chi connectivity index (χ2n) is 4.23. The Labute approximate surface area is 96.8 Å². The van der Waals surface area contributed by atoms with E-state index in [1.165, 1.54) is 5.56 Å². The van der Waals surface area contributed by atoms with Crippen LogP contribution in [0.25, 0.3) is 0 Å². The fraction of sp³-hybridized carbons (Fsp3) is 0.538. The van der Waals surface area contributed by atoms with Crippen molar-refractivity contribution in [3.8, 4) is 5.75 Å². The van der Waals surface area contributed by atoms with Gasteiger partial charge in [0.1, 0.15) is 5.75 Å². The van der Waals surface area contributed by atoms with Crippen molar-refractivity contribution < 1.29 is 9.47 Å². The van der Waals surface area contributed by atoms with E-state index < -0.39 is 0 Å². The van der Waals surface area contributed by atoms with Gasteiger partial charge in [-0.05, 0) is 31.0 Å². The minimum atomic E-state index is 0.335. The normalized spacial score (nSPS) is 22.0. The van der Waals surface area contributed by atoms with E-state index in [2.05, 4.69) is 24.4 Å². The van der Waals surface area contributed by atoms with E-state index in [0.717, 1.165) is 25.4 Å². The molecule has 3 heteroatoms. The molecule has 0 saturated carbocycles. The summed E-state index contributed by atoms with van der Waals surface area (Å²) in [5.74, 6) is 0.911. The molecule has 3 nitrogen and oxygen atoms in total. The van der Waals surface area contributed by atoms with Gasteiger partial charge in [-0.15, -0.1) is 0 Å². The summed E-state index contributed by atoms with van der Waals surface area (Å²) in [5.41, 5.74) is 1.26. The summed E-state index contributed by atoms with van der Waals surface area (Å²) in [4.78, 5) is 0. The molecule has 0 spiro atoms. The lowest BCUT2D eigenvalue weighted by Gasteiger charge is -2.19. The fourth-order valence-corrected chi connectivity index (χ4v) is 2.03. The molecule has 1 N–H and O–H groups in total. The molecule has 1 aliphatic rings. The monoisotopic (exact) mass is 221 g/mol. The number of hydrogen-bond donors (Lipinski definition) is 1. The summed E-state index contributed by atoms with van der Waals surface area (Å²) in [5, 5.41) is 3.57. The highest BCUT2D eigenvalue weighted by atomic mass is 16.5. The van der Waals surface area contributed by atoms with Gasteiger partial charge in [0.05, 0.1) is 13.7 Å².